The van der Waals surface area contributed by atoms with Crippen LogP contribution in [0, 0.1) is 5.82 Å². The maximum absolute atomic E-state index is 13.6. The molecule has 2 aromatic rings. The van der Waals surface area contributed by atoms with Crippen LogP contribution in [0.25, 0.3) is 0 Å². The number of aromatic nitrogens is 2. The van der Waals surface area contributed by atoms with Crippen LogP contribution in [0.4, 0.5) is 10.2 Å². The largest absolute Gasteiger partial charge is 0.363 e. The molecule has 4 nitrogen and oxygen atoms in total. The molecular formula is C15H16ClFN4. The predicted molar refractivity (Wildman–Crippen MR) is 80.7 cm³/mol. The molecule has 0 spiro atoms. The minimum Gasteiger partial charge on any atom is -0.363 e. The zero-order valence-corrected chi connectivity index (χ0v) is 12.2. The van der Waals surface area contributed by atoms with E-state index in [1.807, 2.05) is 18.2 Å². The zero-order chi connectivity index (χ0) is 14.7. The quantitative estimate of drug-likeness (QED) is 0.882. The fourth-order valence-electron chi connectivity index (χ4n) is 2.58. The number of nitrogens with zero attached hydrogens (tertiary/aromatic N) is 3. The van der Waals surface area contributed by atoms with Crippen LogP contribution in [0.5, 0.6) is 0 Å². The summed E-state index contributed by atoms with van der Waals surface area (Å²) in [6.07, 6.45) is 2.04. The molecule has 2 heterocycles. The van der Waals surface area contributed by atoms with Crippen molar-refractivity contribution in [2.45, 2.75) is 19.0 Å². The van der Waals surface area contributed by atoms with Crippen LogP contribution in [0.15, 0.2) is 36.5 Å². The topological polar surface area (TPSA) is 41.1 Å². The van der Waals surface area contributed by atoms with Crippen molar-refractivity contribution in [3.05, 3.63) is 53.2 Å². The Labute approximate surface area is 128 Å². The average Bonchev–Trinajstić information content (AvgIpc) is 2.91. The van der Waals surface area contributed by atoms with Crippen LogP contribution in [0.1, 0.15) is 12.0 Å². The van der Waals surface area contributed by atoms with E-state index in [4.69, 9.17) is 11.6 Å². The Bertz CT molecular complexity index is 608. The molecule has 0 saturated carbocycles. The summed E-state index contributed by atoms with van der Waals surface area (Å²) in [5.74, 6) is -0.289. The molecule has 0 bridgehead atoms. The van der Waals surface area contributed by atoms with E-state index in [1.54, 1.807) is 0 Å². The first-order chi connectivity index (χ1) is 10.2. The lowest BCUT2D eigenvalue weighted by Gasteiger charge is -2.17. The molecule has 1 saturated heterocycles. The molecule has 1 aliphatic heterocycles. The van der Waals surface area contributed by atoms with Crippen molar-refractivity contribution < 1.29 is 4.39 Å². The minimum atomic E-state index is -0.471. The van der Waals surface area contributed by atoms with E-state index in [1.165, 1.54) is 5.56 Å². The molecule has 1 N–H and O–H groups in total. The van der Waals surface area contributed by atoms with Crippen LogP contribution >= 0.6 is 11.6 Å². The van der Waals surface area contributed by atoms with Gasteiger partial charge in [0.05, 0.1) is 6.20 Å². The molecule has 110 valence electrons. The first-order valence-corrected chi connectivity index (χ1v) is 7.29. The van der Waals surface area contributed by atoms with Crippen molar-refractivity contribution in [1.82, 2.24) is 14.9 Å². The standard InChI is InChI=1S/C15H16ClFN4/c16-15-18-8-13(17)14(20-15)19-12-6-7-21(10-12)9-11-4-2-1-3-5-11/h1-5,8,12H,6-7,9-10H2,(H,18,19,20). The van der Waals surface area contributed by atoms with Crippen LogP contribution in [-0.4, -0.2) is 34.0 Å². The van der Waals surface area contributed by atoms with Gasteiger partial charge in [-0.2, -0.15) is 4.98 Å². The number of likely N-dealkylation sites (tertiary alicyclic amines) is 1. The van der Waals surface area contributed by atoms with Crippen molar-refractivity contribution in [2.75, 3.05) is 18.4 Å². The highest BCUT2D eigenvalue weighted by Crippen LogP contribution is 2.19. The third-order valence-corrected chi connectivity index (χ3v) is 3.76. The Morgan fingerprint density at radius 3 is 2.95 bits per heavy atom. The zero-order valence-electron chi connectivity index (χ0n) is 11.5. The molecule has 3 rings (SSSR count). The monoisotopic (exact) mass is 306 g/mol. The molecule has 1 aromatic carbocycles. The van der Waals surface area contributed by atoms with Crippen LogP contribution in [-0.2, 0) is 6.54 Å². The van der Waals surface area contributed by atoms with Gasteiger partial charge in [0.1, 0.15) is 0 Å². The highest BCUT2D eigenvalue weighted by molar-refractivity contribution is 6.28. The summed E-state index contributed by atoms with van der Waals surface area (Å²) in [5, 5.41) is 3.17. The molecule has 0 aliphatic carbocycles. The van der Waals surface area contributed by atoms with Crippen molar-refractivity contribution in [2.24, 2.45) is 0 Å². The summed E-state index contributed by atoms with van der Waals surface area (Å²) in [4.78, 5) is 9.85. The minimum absolute atomic E-state index is 0.0537. The summed E-state index contributed by atoms with van der Waals surface area (Å²) in [6.45, 7) is 2.75. The van der Waals surface area contributed by atoms with E-state index >= 15 is 0 Å². The number of anilines is 1. The maximum atomic E-state index is 13.6. The van der Waals surface area contributed by atoms with E-state index in [0.717, 1.165) is 32.3 Å². The molecule has 21 heavy (non-hydrogen) atoms. The van der Waals surface area contributed by atoms with Gasteiger partial charge in [-0.25, -0.2) is 9.37 Å². The van der Waals surface area contributed by atoms with Crippen LogP contribution in [0.2, 0.25) is 5.28 Å². The Hall–Kier alpha value is -1.72. The van der Waals surface area contributed by atoms with E-state index in [2.05, 4.69) is 32.3 Å². The second-order valence-corrected chi connectivity index (χ2v) is 5.52. The Kier molecular flexibility index (Phi) is 4.31. The van der Waals surface area contributed by atoms with Crippen molar-refractivity contribution >= 4 is 17.4 Å². The van der Waals surface area contributed by atoms with Gasteiger partial charge in [0.2, 0.25) is 5.28 Å². The highest BCUT2D eigenvalue weighted by atomic mass is 35.5. The molecular weight excluding hydrogens is 291 g/mol. The number of hydrogen-bond donors (Lipinski definition) is 1. The molecule has 1 aliphatic rings. The van der Waals surface area contributed by atoms with Gasteiger partial charge < -0.3 is 5.32 Å². The molecule has 1 atom stereocenters. The first-order valence-electron chi connectivity index (χ1n) is 6.91. The average molecular weight is 307 g/mol. The van der Waals surface area contributed by atoms with Gasteiger partial charge in [-0.3, -0.25) is 4.90 Å². The molecule has 0 amide bonds. The number of nitrogens with one attached hydrogen (secondary N) is 1. The van der Waals surface area contributed by atoms with Crippen LogP contribution in [0.3, 0.4) is 0 Å². The van der Waals surface area contributed by atoms with Crippen LogP contribution < -0.4 is 5.32 Å². The summed E-state index contributed by atoms with van der Waals surface area (Å²) in [5.41, 5.74) is 1.29. The third-order valence-electron chi connectivity index (χ3n) is 3.58. The van der Waals surface area contributed by atoms with Gasteiger partial charge in [-0.1, -0.05) is 30.3 Å². The second kappa shape index (κ2) is 6.37. The SMILES string of the molecule is Fc1cnc(Cl)nc1NC1CCN(Cc2ccccc2)C1. The lowest BCUT2D eigenvalue weighted by Crippen LogP contribution is -2.26. The Morgan fingerprint density at radius 1 is 1.33 bits per heavy atom. The summed E-state index contributed by atoms with van der Waals surface area (Å²) < 4.78 is 13.6. The fraction of sp³-hybridized carbons (Fsp3) is 0.333. The normalized spacial score (nSPS) is 18.9. The molecule has 1 aromatic heterocycles. The first kappa shape index (κ1) is 14.2. The maximum Gasteiger partial charge on any atom is 0.224 e. The molecule has 1 fully saturated rings. The van der Waals surface area contributed by atoms with E-state index in [-0.39, 0.29) is 17.1 Å². The fourth-order valence-corrected chi connectivity index (χ4v) is 2.71. The summed E-state index contributed by atoms with van der Waals surface area (Å²) >= 11 is 5.70. The van der Waals surface area contributed by atoms with Gasteiger partial charge in [-0.15, -0.1) is 0 Å². The lowest BCUT2D eigenvalue weighted by atomic mass is 10.2. The van der Waals surface area contributed by atoms with Gasteiger partial charge in [0.15, 0.2) is 11.6 Å². The smallest absolute Gasteiger partial charge is 0.224 e. The number of hydrogen-bond acceptors (Lipinski definition) is 4. The van der Waals surface area contributed by atoms with Gasteiger partial charge >= 0.3 is 0 Å². The van der Waals surface area contributed by atoms with Gasteiger partial charge in [0.25, 0.3) is 0 Å². The second-order valence-electron chi connectivity index (χ2n) is 5.19. The Balaban J connectivity index is 1.58. The predicted octanol–water partition coefficient (Wildman–Crippen LogP) is 2.96. The van der Waals surface area contributed by atoms with Crippen molar-refractivity contribution in [3.8, 4) is 0 Å². The number of benzene rings is 1. The molecule has 0 radical (unpaired) electrons. The molecule has 6 heteroatoms. The summed E-state index contributed by atoms with van der Waals surface area (Å²) in [6, 6.07) is 10.5. The van der Waals surface area contributed by atoms with E-state index in [0.29, 0.717) is 0 Å². The van der Waals surface area contributed by atoms with E-state index in [9.17, 15) is 4.39 Å². The Morgan fingerprint density at radius 2 is 2.14 bits per heavy atom. The highest BCUT2D eigenvalue weighted by Gasteiger charge is 2.23. The van der Waals surface area contributed by atoms with Crippen molar-refractivity contribution in [3.63, 3.8) is 0 Å². The third kappa shape index (κ3) is 3.68. The number of halogens is 2. The van der Waals surface area contributed by atoms with Crippen molar-refractivity contribution in [1.29, 1.82) is 0 Å². The molecule has 1 unspecified atom stereocenters. The lowest BCUT2D eigenvalue weighted by molar-refractivity contribution is 0.328. The van der Waals surface area contributed by atoms with E-state index < -0.39 is 5.82 Å². The van der Waals surface area contributed by atoms with Gasteiger partial charge in [0, 0.05) is 25.7 Å². The summed E-state index contributed by atoms with van der Waals surface area (Å²) in [7, 11) is 0. The number of rotatable bonds is 4. The van der Waals surface area contributed by atoms with Gasteiger partial charge in [-0.05, 0) is 23.6 Å².